The van der Waals surface area contributed by atoms with Crippen molar-refractivity contribution in [1.29, 1.82) is 0 Å². The molecule has 3 N–H and O–H groups in total. The summed E-state index contributed by atoms with van der Waals surface area (Å²) in [5.74, 6) is -0.00302. The minimum Gasteiger partial charge on any atom is -0.399 e. The molecule has 1 atom stereocenters. The van der Waals surface area contributed by atoms with E-state index < -0.39 is 0 Å². The second-order valence-corrected chi connectivity index (χ2v) is 5.54. The summed E-state index contributed by atoms with van der Waals surface area (Å²) in [5.41, 5.74) is 7.10. The van der Waals surface area contributed by atoms with E-state index in [1.54, 1.807) is 12.1 Å². The van der Waals surface area contributed by atoms with Gasteiger partial charge in [-0.2, -0.15) is 0 Å². The first-order valence-corrected chi connectivity index (χ1v) is 7.66. The number of nitrogens with one attached hydrogen (secondary N) is 1. The normalized spacial score (nSPS) is 19.4. The number of hydrogen-bond donors (Lipinski definition) is 2. The third-order valence-corrected chi connectivity index (χ3v) is 3.56. The average Bonchev–Trinajstić information content (AvgIpc) is 2.45. The van der Waals surface area contributed by atoms with Gasteiger partial charge in [0.25, 0.3) is 0 Å². The van der Waals surface area contributed by atoms with Crippen LogP contribution in [0.3, 0.4) is 0 Å². The number of hydrogen-bond acceptors (Lipinski definition) is 4. The maximum Gasteiger partial charge on any atom is 0.238 e. The quantitative estimate of drug-likeness (QED) is 0.788. The highest BCUT2D eigenvalue weighted by molar-refractivity contribution is 5.92. The van der Waals surface area contributed by atoms with Crippen LogP contribution >= 0.6 is 0 Å². The Morgan fingerprint density at radius 1 is 1.52 bits per heavy atom. The summed E-state index contributed by atoms with van der Waals surface area (Å²) in [7, 11) is 0. The van der Waals surface area contributed by atoms with E-state index in [4.69, 9.17) is 10.5 Å². The molecule has 0 saturated carbocycles. The van der Waals surface area contributed by atoms with E-state index in [0.29, 0.717) is 12.2 Å². The number of piperidine rings is 1. The Kier molecular flexibility index (Phi) is 6.02. The summed E-state index contributed by atoms with van der Waals surface area (Å²) in [5, 5.41) is 2.89. The fourth-order valence-corrected chi connectivity index (χ4v) is 2.60. The molecule has 1 saturated heterocycles. The van der Waals surface area contributed by atoms with Crippen LogP contribution in [0, 0.1) is 0 Å². The number of rotatable bonds is 6. The zero-order valence-electron chi connectivity index (χ0n) is 12.7. The summed E-state index contributed by atoms with van der Waals surface area (Å²) in [6, 6.07) is 7.25. The number of likely N-dealkylation sites (tertiary alicyclic amines) is 1. The Labute approximate surface area is 126 Å². The van der Waals surface area contributed by atoms with Gasteiger partial charge in [-0.1, -0.05) is 13.0 Å². The molecule has 2 rings (SSSR count). The molecule has 0 bridgehead atoms. The Balaban J connectivity index is 1.79. The van der Waals surface area contributed by atoms with Gasteiger partial charge in [0.2, 0.25) is 5.91 Å². The van der Waals surface area contributed by atoms with E-state index in [9.17, 15) is 4.79 Å². The predicted octanol–water partition coefficient (Wildman–Crippen LogP) is 2.10. The molecule has 0 aliphatic carbocycles. The van der Waals surface area contributed by atoms with E-state index in [2.05, 4.69) is 17.1 Å². The second-order valence-electron chi connectivity index (χ2n) is 5.54. The number of anilines is 2. The largest absolute Gasteiger partial charge is 0.399 e. The smallest absolute Gasteiger partial charge is 0.238 e. The van der Waals surface area contributed by atoms with Crippen LogP contribution in [-0.2, 0) is 9.53 Å². The molecule has 1 aromatic carbocycles. The highest BCUT2D eigenvalue weighted by atomic mass is 16.5. The number of carbonyl (C=O) groups is 1. The Bertz CT molecular complexity index is 465. The van der Waals surface area contributed by atoms with Crippen molar-refractivity contribution in [2.45, 2.75) is 32.3 Å². The van der Waals surface area contributed by atoms with Crippen molar-refractivity contribution in [2.24, 2.45) is 0 Å². The number of nitrogens with two attached hydrogens (primary N) is 1. The fourth-order valence-electron chi connectivity index (χ4n) is 2.60. The first-order valence-electron chi connectivity index (χ1n) is 7.66. The van der Waals surface area contributed by atoms with Crippen molar-refractivity contribution in [3.63, 3.8) is 0 Å². The summed E-state index contributed by atoms with van der Waals surface area (Å²) in [4.78, 5) is 14.2. The summed E-state index contributed by atoms with van der Waals surface area (Å²) in [6.07, 6.45) is 3.47. The molecule has 0 spiro atoms. The fraction of sp³-hybridized carbons (Fsp3) is 0.562. The number of amides is 1. The first kappa shape index (κ1) is 15.8. The zero-order valence-corrected chi connectivity index (χ0v) is 12.7. The van der Waals surface area contributed by atoms with E-state index in [-0.39, 0.29) is 12.0 Å². The van der Waals surface area contributed by atoms with Crippen molar-refractivity contribution >= 4 is 17.3 Å². The van der Waals surface area contributed by atoms with Gasteiger partial charge in [-0.25, -0.2) is 0 Å². The highest BCUT2D eigenvalue weighted by Gasteiger charge is 2.21. The van der Waals surface area contributed by atoms with Crippen LogP contribution in [-0.4, -0.2) is 43.2 Å². The molecule has 5 heteroatoms. The molecule has 5 nitrogen and oxygen atoms in total. The van der Waals surface area contributed by atoms with Crippen molar-refractivity contribution in [3.8, 4) is 0 Å². The molecular formula is C16H25N3O2. The van der Waals surface area contributed by atoms with E-state index in [1.807, 2.05) is 12.1 Å². The molecule has 1 aromatic rings. The zero-order chi connectivity index (χ0) is 15.1. The standard InChI is InChI=1S/C16H25N3O2/c1-2-9-21-15-7-4-8-19(11-15)12-16(20)18-14-6-3-5-13(17)10-14/h3,5-6,10,15H,2,4,7-9,11-12,17H2,1H3,(H,18,20). The van der Waals surface area contributed by atoms with E-state index in [1.165, 1.54) is 0 Å². The van der Waals surface area contributed by atoms with Gasteiger partial charge in [-0.3, -0.25) is 9.69 Å². The van der Waals surface area contributed by atoms with Gasteiger partial charge in [0.15, 0.2) is 0 Å². The topological polar surface area (TPSA) is 67.6 Å². The number of carbonyl (C=O) groups excluding carboxylic acids is 1. The monoisotopic (exact) mass is 291 g/mol. The molecule has 116 valence electrons. The molecule has 0 radical (unpaired) electrons. The number of ether oxygens (including phenoxy) is 1. The maximum atomic E-state index is 12.1. The van der Waals surface area contributed by atoms with Crippen molar-refractivity contribution in [1.82, 2.24) is 4.90 Å². The van der Waals surface area contributed by atoms with E-state index in [0.717, 1.165) is 44.6 Å². The lowest BCUT2D eigenvalue weighted by atomic mass is 10.1. The predicted molar refractivity (Wildman–Crippen MR) is 85.2 cm³/mol. The van der Waals surface area contributed by atoms with Crippen LogP contribution < -0.4 is 11.1 Å². The third-order valence-electron chi connectivity index (χ3n) is 3.56. The van der Waals surface area contributed by atoms with Gasteiger partial charge >= 0.3 is 0 Å². The molecule has 1 unspecified atom stereocenters. The van der Waals surface area contributed by atoms with Crippen molar-refractivity contribution < 1.29 is 9.53 Å². The molecule has 1 aliphatic heterocycles. The van der Waals surface area contributed by atoms with Gasteiger partial charge in [0, 0.05) is 24.5 Å². The van der Waals surface area contributed by atoms with Gasteiger partial charge in [-0.05, 0) is 44.0 Å². The van der Waals surface area contributed by atoms with Crippen LogP contribution in [0.2, 0.25) is 0 Å². The Hall–Kier alpha value is -1.59. The molecule has 1 aliphatic rings. The summed E-state index contributed by atoms with van der Waals surface area (Å²) in [6.45, 7) is 5.11. The second kappa shape index (κ2) is 8.00. The third kappa shape index (κ3) is 5.36. The summed E-state index contributed by atoms with van der Waals surface area (Å²) >= 11 is 0. The Morgan fingerprint density at radius 2 is 2.38 bits per heavy atom. The molecule has 21 heavy (non-hydrogen) atoms. The lowest BCUT2D eigenvalue weighted by Gasteiger charge is -2.32. The van der Waals surface area contributed by atoms with Gasteiger partial charge in [-0.15, -0.1) is 0 Å². The van der Waals surface area contributed by atoms with Gasteiger partial charge in [0.05, 0.1) is 12.6 Å². The minimum absolute atomic E-state index is 0.00302. The van der Waals surface area contributed by atoms with Crippen LogP contribution in [0.15, 0.2) is 24.3 Å². The number of nitrogens with zero attached hydrogens (tertiary/aromatic N) is 1. The number of nitrogen functional groups attached to an aromatic ring is 1. The van der Waals surface area contributed by atoms with Crippen molar-refractivity contribution in [3.05, 3.63) is 24.3 Å². The molecule has 1 heterocycles. The first-order chi connectivity index (χ1) is 10.2. The van der Waals surface area contributed by atoms with E-state index >= 15 is 0 Å². The average molecular weight is 291 g/mol. The van der Waals surface area contributed by atoms with Crippen LogP contribution in [0.5, 0.6) is 0 Å². The minimum atomic E-state index is -0.00302. The van der Waals surface area contributed by atoms with Gasteiger partial charge < -0.3 is 15.8 Å². The van der Waals surface area contributed by atoms with Gasteiger partial charge in [0.1, 0.15) is 0 Å². The molecule has 0 aromatic heterocycles. The summed E-state index contributed by atoms with van der Waals surface area (Å²) < 4.78 is 5.79. The number of benzene rings is 1. The molecule has 1 amide bonds. The highest BCUT2D eigenvalue weighted by Crippen LogP contribution is 2.15. The van der Waals surface area contributed by atoms with Crippen LogP contribution in [0.1, 0.15) is 26.2 Å². The lowest BCUT2D eigenvalue weighted by Crippen LogP contribution is -2.43. The molecular weight excluding hydrogens is 266 g/mol. The maximum absolute atomic E-state index is 12.1. The van der Waals surface area contributed by atoms with Crippen LogP contribution in [0.25, 0.3) is 0 Å². The lowest BCUT2D eigenvalue weighted by molar-refractivity contribution is -0.118. The molecule has 1 fully saturated rings. The Morgan fingerprint density at radius 3 is 3.14 bits per heavy atom. The van der Waals surface area contributed by atoms with Crippen LogP contribution in [0.4, 0.5) is 11.4 Å². The SMILES string of the molecule is CCCOC1CCCN(CC(=O)Nc2cccc(N)c2)C1. The van der Waals surface area contributed by atoms with Crippen molar-refractivity contribution in [2.75, 3.05) is 37.3 Å².